The third kappa shape index (κ3) is 4.19. The predicted octanol–water partition coefficient (Wildman–Crippen LogP) is 2.92. The molecule has 0 N–H and O–H groups in total. The fraction of sp³-hybridized carbons (Fsp3) is 0.235. The number of rotatable bonds is 5. The van der Waals surface area contributed by atoms with Crippen LogP contribution in [0, 0.1) is 17.5 Å². The second kappa shape index (κ2) is 7.26. The number of hydrogen-bond acceptors (Lipinski definition) is 3. The maximum atomic E-state index is 13.2. The Balaban J connectivity index is 2.17. The number of hydrogen-bond donors (Lipinski definition) is 0. The highest BCUT2D eigenvalue weighted by atomic mass is 32.2. The zero-order valence-electron chi connectivity index (χ0n) is 13.5. The molecule has 0 unspecified atom stereocenters. The van der Waals surface area contributed by atoms with Crippen molar-refractivity contribution >= 4 is 15.7 Å². The Morgan fingerprint density at radius 1 is 1.04 bits per heavy atom. The lowest BCUT2D eigenvalue weighted by atomic mass is 10.2. The molecule has 2 rings (SSSR count). The van der Waals surface area contributed by atoms with Gasteiger partial charge in [0.15, 0.2) is 21.5 Å². The molecule has 0 heterocycles. The minimum atomic E-state index is -4.00. The van der Waals surface area contributed by atoms with Crippen molar-refractivity contribution in [2.45, 2.75) is 23.6 Å². The van der Waals surface area contributed by atoms with Crippen molar-refractivity contribution < 1.29 is 26.4 Å². The van der Waals surface area contributed by atoms with Crippen LogP contribution < -0.4 is 0 Å². The van der Waals surface area contributed by atoms with Crippen LogP contribution >= 0.6 is 0 Å². The maximum Gasteiger partial charge on any atom is 0.241 e. The van der Waals surface area contributed by atoms with Crippen molar-refractivity contribution in [3.63, 3.8) is 0 Å². The minimum absolute atomic E-state index is 0.0840. The van der Waals surface area contributed by atoms with Crippen molar-refractivity contribution in [2.75, 3.05) is 7.05 Å². The molecule has 0 aliphatic heterocycles. The Morgan fingerprint density at radius 3 is 2.20 bits per heavy atom. The monoisotopic (exact) mass is 371 g/mol. The van der Waals surface area contributed by atoms with Crippen molar-refractivity contribution in [3.8, 4) is 0 Å². The molecule has 0 saturated carbocycles. The highest BCUT2D eigenvalue weighted by Gasteiger charge is 2.31. The van der Waals surface area contributed by atoms with Gasteiger partial charge >= 0.3 is 0 Å². The molecule has 0 aliphatic rings. The minimum Gasteiger partial charge on any atom is -0.340 e. The molecular formula is C17H16F3NO3S. The first kappa shape index (κ1) is 19.0. The van der Waals surface area contributed by atoms with Gasteiger partial charge in [-0.3, -0.25) is 4.79 Å². The molecule has 1 atom stereocenters. The zero-order valence-corrected chi connectivity index (χ0v) is 14.4. The van der Waals surface area contributed by atoms with E-state index in [1.54, 1.807) is 0 Å². The van der Waals surface area contributed by atoms with Gasteiger partial charge in [-0.15, -0.1) is 0 Å². The zero-order chi connectivity index (χ0) is 18.8. The molecule has 8 heteroatoms. The van der Waals surface area contributed by atoms with Crippen LogP contribution in [0.2, 0.25) is 0 Å². The topological polar surface area (TPSA) is 54.5 Å². The smallest absolute Gasteiger partial charge is 0.241 e. The van der Waals surface area contributed by atoms with E-state index in [4.69, 9.17) is 0 Å². The van der Waals surface area contributed by atoms with Crippen LogP contribution in [0.1, 0.15) is 12.5 Å². The Morgan fingerprint density at radius 2 is 1.64 bits per heavy atom. The molecular weight excluding hydrogens is 355 g/mol. The molecule has 0 aromatic heterocycles. The van der Waals surface area contributed by atoms with Crippen LogP contribution in [0.15, 0.2) is 47.4 Å². The fourth-order valence-electron chi connectivity index (χ4n) is 2.26. The molecule has 0 radical (unpaired) electrons. The first-order valence-electron chi connectivity index (χ1n) is 7.31. The van der Waals surface area contributed by atoms with Crippen LogP contribution in [-0.4, -0.2) is 31.5 Å². The predicted molar refractivity (Wildman–Crippen MR) is 85.9 cm³/mol. The summed E-state index contributed by atoms with van der Waals surface area (Å²) in [6, 6.07) is 7.35. The summed E-state index contributed by atoms with van der Waals surface area (Å²) in [5.74, 6) is -3.36. The number of carbonyl (C=O) groups is 1. The van der Waals surface area contributed by atoms with E-state index >= 15 is 0 Å². The highest BCUT2D eigenvalue weighted by molar-refractivity contribution is 7.92. The Hall–Kier alpha value is -2.35. The normalized spacial score (nSPS) is 12.7. The quantitative estimate of drug-likeness (QED) is 0.760. The number of sulfone groups is 1. The Kier molecular flexibility index (Phi) is 5.52. The molecule has 25 heavy (non-hydrogen) atoms. The number of amides is 1. The summed E-state index contributed by atoms with van der Waals surface area (Å²) in [5, 5.41) is -1.41. The summed E-state index contributed by atoms with van der Waals surface area (Å²) >= 11 is 0. The number of carbonyl (C=O) groups excluding carboxylic acids is 1. The molecule has 2 aromatic carbocycles. The average molecular weight is 371 g/mol. The summed E-state index contributed by atoms with van der Waals surface area (Å²) < 4.78 is 64.0. The molecule has 0 saturated heterocycles. The van der Waals surface area contributed by atoms with Crippen LogP contribution in [0.25, 0.3) is 0 Å². The first-order valence-corrected chi connectivity index (χ1v) is 8.86. The van der Waals surface area contributed by atoms with E-state index in [0.29, 0.717) is 5.56 Å². The lowest BCUT2D eigenvalue weighted by Gasteiger charge is -2.21. The van der Waals surface area contributed by atoms with Gasteiger partial charge in [-0.1, -0.05) is 6.07 Å². The van der Waals surface area contributed by atoms with Gasteiger partial charge in [0.05, 0.1) is 4.90 Å². The van der Waals surface area contributed by atoms with Crippen LogP contribution in [0.5, 0.6) is 0 Å². The molecule has 1 amide bonds. The van der Waals surface area contributed by atoms with Gasteiger partial charge in [0.1, 0.15) is 11.1 Å². The number of nitrogens with zero attached hydrogens (tertiary/aromatic N) is 1. The van der Waals surface area contributed by atoms with Crippen LogP contribution in [0.4, 0.5) is 13.2 Å². The molecule has 2 aromatic rings. The van der Waals surface area contributed by atoms with Crippen LogP contribution in [0.3, 0.4) is 0 Å². The first-order chi connectivity index (χ1) is 11.6. The molecule has 0 spiro atoms. The van der Waals surface area contributed by atoms with Gasteiger partial charge in [-0.25, -0.2) is 21.6 Å². The summed E-state index contributed by atoms with van der Waals surface area (Å²) in [5.41, 5.74) is 0.320. The van der Waals surface area contributed by atoms with E-state index in [2.05, 4.69) is 0 Å². The van der Waals surface area contributed by atoms with Gasteiger partial charge in [-0.2, -0.15) is 0 Å². The molecule has 0 bridgehead atoms. The van der Waals surface area contributed by atoms with Crippen molar-refractivity contribution in [1.29, 1.82) is 0 Å². The van der Waals surface area contributed by atoms with Crippen LogP contribution in [-0.2, 0) is 21.2 Å². The largest absolute Gasteiger partial charge is 0.340 e. The maximum absolute atomic E-state index is 13.2. The summed E-state index contributed by atoms with van der Waals surface area (Å²) in [6.45, 7) is 1.14. The standard InChI is InChI=1S/C17H16F3NO3S/c1-11(25(23,24)14-6-4-13(18)5-7-14)17(22)21(2)10-12-3-8-15(19)16(20)9-12/h3-9,11H,10H2,1-2H3/t11-/m1/s1. The van der Waals surface area contributed by atoms with E-state index in [1.165, 1.54) is 20.0 Å². The lowest BCUT2D eigenvalue weighted by molar-refractivity contribution is -0.129. The SMILES string of the molecule is C[C@H](C(=O)N(C)Cc1ccc(F)c(F)c1)S(=O)(=O)c1ccc(F)cc1. The Bertz CT molecular complexity index is 883. The average Bonchev–Trinajstić information content (AvgIpc) is 2.57. The second-order valence-electron chi connectivity index (χ2n) is 5.58. The van der Waals surface area contributed by atoms with Gasteiger partial charge in [0.2, 0.25) is 5.91 Å². The van der Waals surface area contributed by atoms with E-state index in [9.17, 15) is 26.4 Å². The van der Waals surface area contributed by atoms with E-state index in [0.717, 1.165) is 41.3 Å². The molecule has 0 fully saturated rings. The van der Waals surface area contributed by atoms with Crippen molar-refractivity contribution in [2.24, 2.45) is 0 Å². The van der Waals surface area contributed by atoms with Gasteiger partial charge in [-0.05, 0) is 48.9 Å². The summed E-state index contributed by atoms with van der Waals surface area (Å²) in [7, 11) is -2.64. The molecule has 134 valence electrons. The van der Waals surface area contributed by atoms with Crippen molar-refractivity contribution in [1.82, 2.24) is 4.90 Å². The van der Waals surface area contributed by atoms with E-state index < -0.39 is 38.4 Å². The molecule has 4 nitrogen and oxygen atoms in total. The lowest BCUT2D eigenvalue weighted by Crippen LogP contribution is -2.39. The Labute approximate surface area is 143 Å². The van der Waals surface area contributed by atoms with E-state index in [1.807, 2.05) is 0 Å². The summed E-state index contributed by atoms with van der Waals surface area (Å²) in [4.78, 5) is 13.3. The third-order valence-electron chi connectivity index (χ3n) is 3.74. The highest BCUT2D eigenvalue weighted by Crippen LogP contribution is 2.19. The van der Waals surface area contributed by atoms with Gasteiger partial charge < -0.3 is 4.90 Å². The number of halogens is 3. The second-order valence-corrected chi connectivity index (χ2v) is 7.85. The summed E-state index contributed by atoms with van der Waals surface area (Å²) in [6.07, 6.45) is 0. The van der Waals surface area contributed by atoms with Crippen molar-refractivity contribution in [3.05, 3.63) is 65.5 Å². The fourth-order valence-corrected chi connectivity index (χ4v) is 3.63. The van der Waals surface area contributed by atoms with Gasteiger partial charge in [0.25, 0.3) is 0 Å². The number of benzene rings is 2. The van der Waals surface area contributed by atoms with Gasteiger partial charge in [0, 0.05) is 13.6 Å². The third-order valence-corrected chi connectivity index (χ3v) is 5.80. The van der Waals surface area contributed by atoms with E-state index in [-0.39, 0.29) is 11.4 Å². The molecule has 0 aliphatic carbocycles.